The number of anilines is 1. The number of carbonyl (C=O) groups is 1. The first kappa shape index (κ1) is 17.9. The van der Waals surface area contributed by atoms with Gasteiger partial charge in [0.2, 0.25) is 5.91 Å². The third kappa shape index (κ3) is 3.84. The molecule has 2 aliphatic heterocycles. The maximum atomic E-state index is 11.7. The summed E-state index contributed by atoms with van der Waals surface area (Å²) in [6.45, 7) is 3.50. The quantitative estimate of drug-likeness (QED) is 0.557. The average molecular weight is 355 g/mol. The highest BCUT2D eigenvalue weighted by Gasteiger charge is 2.23. The summed E-state index contributed by atoms with van der Waals surface area (Å²) in [5.41, 5.74) is 3.52. The molecule has 2 aliphatic rings. The van der Waals surface area contributed by atoms with E-state index in [2.05, 4.69) is 20.7 Å². The van der Waals surface area contributed by atoms with Crippen molar-refractivity contribution >= 4 is 23.6 Å². The highest BCUT2D eigenvalue weighted by molar-refractivity contribution is 6.07. The Morgan fingerprint density at radius 3 is 2.77 bits per heavy atom. The van der Waals surface area contributed by atoms with Gasteiger partial charge in [0.1, 0.15) is 5.84 Å². The number of carbonyl (C=O) groups excluding carboxylic acids is 1. The van der Waals surface area contributed by atoms with Gasteiger partial charge in [0.25, 0.3) is 0 Å². The van der Waals surface area contributed by atoms with Crippen molar-refractivity contribution in [3.63, 3.8) is 0 Å². The minimum atomic E-state index is 0.0275. The Labute approximate surface area is 153 Å². The fourth-order valence-corrected chi connectivity index (χ4v) is 3.20. The number of pyridine rings is 1. The molecule has 3 rings (SSSR count). The van der Waals surface area contributed by atoms with Gasteiger partial charge in [-0.1, -0.05) is 0 Å². The van der Waals surface area contributed by atoms with Gasteiger partial charge in [-0.2, -0.15) is 5.10 Å². The molecule has 0 saturated carbocycles. The van der Waals surface area contributed by atoms with E-state index in [1.54, 1.807) is 18.0 Å². The van der Waals surface area contributed by atoms with E-state index in [0.29, 0.717) is 13.1 Å². The molecule has 8 nitrogen and oxygen atoms in total. The number of amidine groups is 1. The average Bonchev–Trinajstić information content (AvgIpc) is 3.08. The molecule has 0 bridgehead atoms. The molecule has 0 fully saturated rings. The summed E-state index contributed by atoms with van der Waals surface area (Å²) in [6, 6.07) is 3.88. The van der Waals surface area contributed by atoms with Crippen LogP contribution in [0.4, 0.5) is 5.69 Å². The molecule has 3 heterocycles. The van der Waals surface area contributed by atoms with E-state index in [-0.39, 0.29) is 17.7 Å². The number of aromatic nitrogens is 1. The topological polar surface area (TPSA) is 96.7 Å². The first-order chi connectivity index (χ1) is 12.5. The van der Waals surface area contributed by atoms with Crippen LogP contribution in [0.1, 0.15) is 25.0 Å². The Kier molecular flexibility index (Phi) is 5.20. The SMILES string of the molecule is CNC1=C(C(=N)Nc2ccc(C3C=NN(C)C3)nc2)CN(C(C)=O)CC1. The molecule has 26 heavy (non-hydrogen) atoms. The van der Waals surface area contributed by atoms with Crippen molar-refractivity contribution in [3.05, 3.63) is 35.3 Å². The third-order valence-electron chi connectivity index (χ3n) is 4.73. The van der Waals surface area contributed by atoms with Crippen molar-refractivity contribution in [2.45, 2.75) is 19.3 Å². The Morgan fingerprint density at radius 1 is 1.38 bits per heavy atom. The fraction of sp³-hybridized carbons (Fsp3) is 0.444. The lowest BCUT2D eigenvalue weighted by Crippen LogP contribution is -2.40. The van der Waals surface area contributed by atoms with E-state index in [4.69, 9.17) is 5.41 Å². The number of likely N-dealkylation sites (N-methyl/N-ethyl adjacent to an activating group) is 1. The van der Waals surface area contributed by atoms with Crippen molar-refractivity contribution in [1.82, 2.24) is 20.2 Å². The lowest BCUT2D eigenvalue weighted by atomic mass is 10.0. The summed E-state index contributed by atoms with van der Waals surface area (Å²) in [5, 5.41) is 20.8. The molecule has 1 aromatic rings. The zero-order valence-electron chi connectivity index (χ0n) is 15.4. The number of amides is 1. The van der Waals surface area contributed by atoms with Crippen LogP contribution in [-0.4, -0.2) is 66.6 Å². The minimum absolute atomic E-state index is 0.0275. The number of rotatable bonds is 4. The maximum Gasteiger partial charge on any atom is 0.219 e. The molecule has 0 saturated heterocycles. The van der Waals surface area contributed by atoms with E-state index in [9.17, 15) is 4.79 Å². The normalized spacial score (nSPS) is 19.7. The highest BCUT2D eigenvalue weighted by Crippen LogP contribution is 2.21. The van der Waals surface area contributed by atoms with E-state index in [1.807, 2.05) is 37.5 Å². The van der Waals surface area contributed by atoms with Crippen LogP contribution in [0.25, 0.3) is 0 Å². The molecule has 0 aromatic carbocycles. The summed E-state index contributed by atoms with van der Waals surface area (Å²) in [5.74, 6) is 0.520. The number of hydrazone groups is 1. The lowest BCUT2D eigenvalue weighted by molar-refractivity contribution is -0.128. The predicted octanol–water partition coefficient (Wildman–Crippen LogP) is 1.21. The zero-order valence-corrected chi connectivity index (χ0v) is 15.4. The zero-order chi connectivity index (χ0) is 18.7. The van der Waals surface area contributed by atoms with Crippen LogP contribution in [-0.2, 0) is 4.79 Å². The van der Waals surface area contributed by atoms with Crippen molar-refractivity contribution in [2.24, 2.45) is 5.10 Å². The molecule has 1 amide bonds. The van der Waals surface area contributed by atoms with Crippen LogP contribution >= 0.6 is 0 Å². The maximum absolute atomic E-state index is 11.7. The molecule has 8 heteroatoms. The Balaban J connectivity index is 1.69. The number of nitrogens with one attached hydrogen (secondary N) is 3. The second-order valence-electron chi connectivity index (χ2n) is 6.58. The van der Waals surface area contributed by atoms with Crippen LogP contribution in [0.2, 0.25) is 0 Å². The first-order valence-electron chi connectivity index (χ1n) is 8.70. The predicted molar refractivity (Wildman–Crippen MR) is 102 cm³/mol. The largest absolute Gasteiger partial charge is 0.391 e. The van der Waals surface area contributed by atoms with Gasteiger partial charge in [-0.25, -0.2) is 0 Å². The second kappa shape index (κ2) is 7.55. The van der Waals surface area contributed by atoms with Gasteiger partial charge in [0.15, 0.2) is 0 Å². The van der Waals surface area contributed by atoms with Crippen LogP contribution in [0.15, 0.2) is 34.7 Å². The van der Waals surface area contributed by atoms with Crippen LogP contribution in [0.3, 0.4) is 0 Å². The van der Waals surface area contributed by atoms with Gasteiger partial charge < -0.3 is 15.5 Å². The Bertz CT molecular complexity index is 753. The van der Waals surface area contributed by atoms with Gasteiger partial charge in [-0.05, 0) is 12.1 Å². The molecule has 138 valence electrons. The molecular formula is C18H25N7O. The van der Waals surface area contributed by atoms with Gasteiger partial charge in [-0.3, -0.25) is 20.2 Å². The Hall–Kier alpha value is -2.90. The number of hydrogen-bond donors (Lipinski definition) is 3. The molecule has 1 atom stereocenters. The van der Waals surface area contributed by atoms with E-state index < -0.39 is 0 Å². The monoisotopic (exact) mass is 355 g/mol. The smallest absolute Gasteiger partial charge is 0.219 e. The highest BCUT2D eigenvalue weighted by atomic mass is 16.2. The van der Waals surface area contributed by atoms with Gasteiger partial charge >= 0.3 is 0 Å². The van der Waals surface area contributed by atoms with E-state index in [0.717, 1.165) is 35.6 Å². The molecule has 0 spiro atoms. The Morgan fingerprint density at radius 2 is 2.19 bits per heavy atom. The van der Waals surface area contributed by atoms with Crippen molar-refractivity contribution < 1.29 is 4.79 Å². The summed E-state index contributed by atoms with van der Waals surface area (Å²) in [6.07, 6.45) is 4.36. The molecular weight excluding hydrogens is 330 g/mol. The van der Waals surface area contributed by atoms with Crippen LogP contribution in [0, 0.1) is 5.41 Å². The molecule has 1 aromatic heterocycles. The summed E-state index contributed by atoms with van der Waals surface area (Å²) >= 11 is 0. The van der Waals surface area contributed by atoms with Gasteiger partial charge in [0.05, 0.1) is 30.0 Å². The van der Waals surface area contributed by atoms with E-state index >= 15 is 0 Å². The molecule has 0 radical (unpaired) electrons. The van der Waals surface area contributed by atoms with Gasteiger partial charge in [-0.15, -0.1) is 0 Å². The summed E-state index contributed by atoms with van der Waals surface area (Å²) in [4.78, 5) is 17.9. The van der Waals surface area contributed by atoms with Crippen molar-refractivity contribution in [3.8, 4) is 0 Å². The van der Waals surface area contributed by atoms with Crippen LogP contribution < -0.4 is 10.6 Å². The third-order valence-corrected chi connectivity index (χ3v) is 4.73. The standard InChI is InChI=1S/C18H25N7O/c1-12(26)25-7-6-17(20-2)15(11-25)18(19)23-14-4-5-16(21-9-14)13-8-22-24(3)10-13/h4-5,8-9,13,20H,6-7,10-11H2,1-3H3,(H2,19,23). The van der Waals surface area contributed by atoms with Crippen molar-refractivity contribution in [2.75, 3.05) is 39.0 Å². The van der Waals surface area contributed by atoms with Gasteiger partial charge in [0, 0.05) is 58.0 Å². The lowest BCUT2D eigenvalue weighted by Gasteiger charge is -2.30. The number of nitrogens with zero attached hydrogens (tertiary/aromatic N) is 4. The molecule has 0 aliphatic carbocycles. The summed E-state index contributed by atoms with van der Waals surface area (Å²) < 4.78 is 0. The van der Waals surface area contributed by atoms with Crippen LogP contribution in [0.5, 0.6) is 0 Å². The fourth-order valence-electron chi connectivity index (χ4n) is 3.20. The summed E-state index contributed by atoms with van der Waals surface area (Å²) in [7, 11) is 3.79. The second-order valence-corrected chi connectivity index (χ2v) is 6.58. The number of hydrogen-bond acceptors (Lipinski definition) is 6. The first-order valence-corrected chi connectivity index (χ1v) is 8.70. The van der Waals surface area contributed by atoms with Crippen molar-refractivity contribution in [1.29, 1.82) is 5.41 Å². The molecule has 3 N–H and O–H groups in total. The molecule has 1 unspecified atom stereocenters. The van der Waals surface area contributed by atoms with E-state index in [1.165, 1.54) is 0 Å². The minimum Gasteiger partial charge on any atom is -0.391 e.